The minimum atomic E-state index is -1.11. The number of carbonyl (C=O) groups is 1. The first-order valence-corrected chi connectivity index (χ1v) is 6.45. The summed E-state index contributed by atoms with van der Waals surface area (Å²) >= 11 is 0. The number of hydrogen-bond acceptors (Lipinski definition) is 5. The average molecular weight is 291 g/mol. The molecule has 1 unspecified atom stereocenters. The lowest BCUT2D eigenvalue weighted by Gasteiger charge is -2.15. The predicted octanol–water partition coefficient (Wildman–Crippen LogP) is 0.795. The van der Waals surface area contributed by atoms with E-state index in [9.17, 15) is 14.7 Å². The Morgan fingerprint density at radius 1 is 1.43 bits per heavy atom. The van der Waals surface area contributed by atoms with E-state index in [1.54, 1.807) is 19.4 Å². The minimum Gasteiger partial charge on any atom is -0.479 e. The molecule has 0 aromatic carbocycles. The van der Waals surface area contributed by atoms with E-state index >= 15 is 0 Å². The third-order valence-electron chi connectivity index (χ3n) is 3.01. The largest absolute Gasteiger partial charge is 0.479 e. The van der Waals surface area contributed by atoms with E-state index in [1.807, 2.05) is 13.8 Å². The summed E-state index contributed by atoms with van der Waals surface area (Å²) in [6.45, 7) is 3.72. The van der Waals surface area contributed by atoms with Gasteiger partial charge in [0.1, 0.15) is 0 Å². The van der Waals surface area contributed by atoms with Crippen molar-refractivity contribution < 1.29 is 9.90 Å². The Labute approximate surface area is 121 Å². The number of aromatic nitrogens is 4. The number of nitrogens with one attached hydrogen (secondary N) is 1. The van der Waals surface area contributed by atoms with Crippen LogP contribution in [0.25, 0.3) is 0 Å². The number of aryl methyl sites for hydroxylation is 1. The summed E-state index contributed by atoms with van der Waals surface area (Å²) in [6.07, 6.45) is 6.05. The van der Waals surface area contributed by atoms with Gasteiger partial charge in [-0.25, -0.2) is 9.78 Å². The molecule has 0 aliphatic carbocycles. The molecular formula is C13H17N5O3. The maximum absolute atomic E-state index is 12.2. The fraction of sp³-hybridized carbons (Fsp3) is 0.385. The van der Waals surface area contributed by atoms with Crippen LogP contribution in [0.2, 0.25) is 0 Å². The van der Waals surface area contributed by atoms with Crippen molar-refractivity contribution in [3.8, 4) is 0 Å². The molecular weight excluding hydrogens is 274 g/mol. The van der Waals surface area contributed by atoms with Crippen molar-refractivity contribution in [2.75, 3.05) is 5.32 Å². The summed E-state index contributed by atoms with van der Waals surface area (Å²) in [6, 6.07) is -1.12. The van der Waals surface area contributed by atoms with E-state index < -0.39 is 12.0 Å². The van der Waals surface area contributed by atoms with Crippen molar-refractivity contribution in [3.63, 3.8) is 0 Å². The van der Waals surface area contributed by atoms with E-state index in [2.05, 4.69) is 15.4 Å². The van der Waals surface area contributed by atoms with Gasteiger partial charge in [0.15, 0.2) is 11.9 Å². The van der Waals surface area contributed by atoms with Gasteiger partial charge in [-0.3, -0.25) is 9.48 Å². The van der Waals surface area contributed by atoms with Crippen molar-refractivity contribution in [2.24, 2.45) is 7.05 Å². The van der Waals surface area contributed by atoms with E-state index in [4.69, 9.17) is 0 Å². The van der Waals surface area contributed by atoms with Gasteiger partial charge < -0.3 is 15.0 Å². The van der Waals surface area contributed by atoms with Crippen LogP contribution in [0.5, 0.6) is 0 Å². The van der Waals surface area contributed by atoms with Crippen LogP contribution in [-0.2, 0) is 11.8 Å². The van der Waals surface area contributed by atoms with Crippen molar-refractivity contribution >= 4 is 11.8 Å². The summed E-state index contributed by atoms with van der Waals surface area (Å²) < 4.78 is 2.98. The molecule has 2 aromatic heterocycles. The van der Waals surface area contributed by atoms with Gasteiger partial charge in [-0.05, 0) is 13.8 Å². The van der Waals surface area contributed by atoms with Crippen LogP contribution < -0.4 is 10.9 Å². The van der Waals surface area contributed by atoms with Crippen LogP contribution in [0.3, 0.4) is 0 Å². The molecule has 0 fully saturated rings. The van der Waals surface area contributed by atoms with Gasteiger partial charge in [0.25, 0.3) is 5.56 Å². The molecule has 8 heteroatoms. The third-order valence-corrected chi connectivity index (χ3v) is 3.01. The first kappa shape index (κ1) is 14.8. The molecule has 112 valence electrons. The fourth-order valence-electron chi connectivity index (χ4n) is 1.94. The summed E-state index contributed by atoms with van der Waals surface area (Å²) in [5.74, 6) is -1.10. The van der Waals surface area contributed by atoms with Crippen LogP contribution in [0, 0.1) is 0 Å². The Bertz CT molecular complexity index is 704. The van der Waals surface area contributed by atoms with Gasteiger partial charge in [-0.15, -0.1) is 0 Å². The highest BCUT2D eigenvalue weighted by Crippen LogP contribution is 2.16. The minimum absolute atomic E-state index is 0.00227. The van der Waals surface area contributed by atoms with E-state index in [1.165, 1.54) is 21.6 Å². The van der Waals surface area contributed by atoms with Crippen LogP contribution in [0.15, 0.2) is 29.6 Å². The summed E-state index contributed by atoms with van der Waals surface area (Å²) in [4.78, 5) is 27.6. The van der Waals surface area contributed by atoms with Crippen molar-refractivity contribution in [1.29, 1.82) is 0 Å². The molecule has 2 N–H and O–H groups in total. The maximum Gasteiger partial charge on any atom is 0.330 e. The normalized spacial score (nSPS) is 12.4. The maximum atomic E-state index is 12.2. The zero-order valence-electron chi connectivity index (χ0n) is 12.0. The monoisotopic (exact) mass is 291 g/mol. The SMILES string of the molecule is CC(C)n1ccnc(NC(C(=O)O)c2cnn(C)c2)c1=O. The van der Waals surface area contributed by atoms with Crippen molar-refractivity contribution in [3.05, 3.63) is 40.7 Å². The molecule has 0 radical (unpaired) electrons. The smallest absolute Gasteiger partial charge is 0.330 e. The van der Waals surface area contributed by atoms with Gasteiger partial charge >= 0.3 is 5.97 Å². The first-order valence-electron chi connectivity index (χ1n) is 6.45. The summed E-state index contributed by atoms with van der Waals surface area (Å²) in [5, 5.41) is 15.9. The average Bonchev–Trinajstić information content (AvgIpc) is 2.83. The Balaban J connectivity index is 2.37. The number of rotatable bonds is 5. The Morgan fingerprint density at radius 3 is 2.67 bits per heavy atom. The second kappa shape index (κ2) is 5.78. The van der Waals surface area contributed by atoms with E-state index in [-0.39, 0.29) is 17.4 Å². The quantitative estimate of drug-likeness (QED) is 0.844. The molecule has 0 aliphatic rings. The van der Waals surface area contributed by atoms with Gasteiger partial charge in [-0.2, -0.15) is 5.10 Å². The molecule has 0 bridgehead atoms. The Morgan fingerprint density at radius 2 is 2.14 bits per heavy atom. The number of aliphatic carboxylic acids is 1. The number of hydrogen-bond donors (Lipinski definition) is 2. The van der Waals surface area contributed by atoms with Gasteiger partial charge in [0.2, 0.25) is 0 Å². The highest BCUT2D eigenvalue weighted by Gasteiger charge is 2.23. The highest BCUT2D eigenvalue weighted by atomic mass is 16.4. The van der Waals surface area contributed by atoms with E-state index in [0.717, 1.165) is 0 Å². The van der Waals surface area contributed by atoms with Crippen molar-refractivity contribution in [2.45, 2.75) is 25.9 Å². The lowest BCUT2D eigenvalue weighted by atomic mass is 10.1. The molecule has 2 heterocycles. The molecule has 0 amide bonds. The lowest BCUT2D eigenvalue weighted by Crippen LogP contribution is -2.29. The Hall–Kier alpha value is -2.64. The highest BCUT2D eigenvalue weighted by molar-refractivity contribution is 5.78. The van der Waals surface area contributed by atoms with Crippen LogP contribution in [0.4, 0.5) is 5.82 Å². The number of nitrogens with zero attached hydrogens (tertiary/aromatic N) is 4. The number of anilines is 1. The van der Waals surface area contributed by atoms with Crippen LogP contribution >= 0.6 is 0 Å². The topological polar surface area (TPSA) is 102 Å². The molecule has 2 rings (SSSR count). The molecule has 0 saturated carbocycles. The zero-order valence-corrected chi connectivity index (χ0v) is 12.0. The number of carboxylic acid groups (broad SMARTS) is 1. The second-order valence-electron chi connectivity index (χ2n) is 4.94. The molecule has 0 aliphatic heterocycles. The lowest BCUT2D eigenvalue weighted by molar-refractivity contribution is -0.138. The van der Waals surface area contributed by atoms with Gasteiger partial charge in [0.05, 0.1) is 6.20 Å². The van der Waals surface area contributed by atoms with Crippen LogP contribution in [-0.4, -0.2) is 30.4 Å². The molecule has 21 heavy (non-hydrogen) atoms. The molecule has 8 nitrogen and oxygen atoms in total. The van der Waals surface area contributed by atoms with Crippen LogP contribution in [0.1, 0.15) is 31.5 Å². The molecule has 2 aromatic rings. The zero-order chi connectivity index (χ0) is 15.6. The van der Waals surface area contributed by atoms with Gasteiger partial charge in [-0.1, -0.05) is 0 Å². The first-order chi connectivity index (χ1) is 9.90. The van der Waals surface area contributed by atoms with Gasteiger partial charge in [0, 0.05) is 37.2 Å². The third kappa shape index (κ3) is 3.10. The summed E-state index contributed by atoms with van der Waals surface area (Å²) in [7, 11) is 1.69. The summed E-state index contributed by atoms with van der Waals surface area (Å²) in [5.41, 5.74) is 0.0915. The number of carboxylic acids is 1. The molecule has 1 atom stereocenters. The second-order valence-corrected chi connectivity index (χ2v) is 4.94. The standard InChI is InChI=1S/C13H17N5O3/c1-8(2)18-5-4-14-11(12(18)19)16-10(13(20)21)9-6-15-17(3)7-9/h4-8,10H,1-3H3,(H,14,16)(H,20,21). The Kier molecular flexibility index (Phi) is 4.06. The van der Waals surface area contributed by atoms with E-state index in [0.29, 0.717) is 5.56 Å². The molecule has 0 saturated heterocycles. The fourth-order valence-corrected chi connectivity index (χ4v) is 1.94. The predicted molar refractivity (Wildman–Crippen MR) is 76.1 cm³/mol. The van der Waals surface area contributed by atoms with Crippen molar-refractivity contribution in [1.82, 2.24) is 19.3 Å². The molecule has 0 spiro atoms.